The maximum atomic E-state index is 12.7. The van der Waals surface area contributed by atoms with Crippen molar-refractivity contribution in [3.05, 3.63) is 126 Å². The third-order valence-corrected chi connectivity index (χ3v) is 10.5. The molecule has 0 bridgehead atoms. The first kappa shape index (κ1) is 26.7. The standard InChI is InChI=1S/C16H13NO2S.C14H10BrNO2S/c1-2-12-7-6-10-14-16(12)15(11-17-14)20(18,19)13-8-4-3-5-9-13;15-11-7-4-8-12-14(11)13(9-16-12)19(17,18)10-5-2-1-3-6-10/h2-11,17H,1H2;1-9,16H. The summed E-state index contributed by atoms with van der Waals surface area (Å²) in [7, 11) is -7.04. The number of halogens is 1. The Hall–Kier alpha value is -3.92. The van der Waals surface area contributed by atoms with Crippen molar-refractivity contribution in [2.24, 2.45) is 0 Å². The molecule has 6 aromatic rings. The lowest BCUT2D eigenvalue weighted by Gasteiger charge is -2.04. The molecule has 196 valence electrons. The Morgan fingerprint density at radius 1 is 0.590 bits per heavy atom. The van der Waals surface area contributed by atoms with E-state index in [-0.39, 0.29) is 4.90 Å². The summed E-state index contributed by atoms with van der Waals surface area (Å²) in [5.41, 5.74) is 2.39. The van der Waals surface area contributed by atoms with Gasteiger partial charge in [-0.3, -0.25) is 0 Å². The largest absolute Gasteiger partial charge is 0.360 e. The third-order valence-electron chi connectivity index (χ3n) is 6.23. The highest BCUT2D eigenvalue weighted by atomic mass is 79.9. The minimum absolute atomic E-state index is 0.286. The molecule has 2 aromatic heterocycles. The number of H-pyrrole nitrogens is 2. The van der Waals surface area contributed by atoms with Gasteiger partial charge in [-0.25, -0.2) is 16.8 Å². The zero-order valence-electron chi connectivity index (χ0n) is 20.5. The van der Waals surface area contributed by atoms with E-state index in [9.17, 15) is 16.8 Å². The minimum Gasteiger partial charge on any atom is -0.360 e. The number of nitrogens with one attached hydrogen (secondary N) is 2. The first-order valence-electron chi connectivity index (χ1n) is 11.8. The number of aromatic amines is 2. The van der Waals surface area contributed by atoms with Crippen LogP contribution in [0.1, 0.15) is 5.56 Å². The zero-order valence-corrected chi connectivity index (χ0v) is 23.7. The van der Waals surface area contributed by atoms with E-state index in [0.29, 0.717) is 25.5 Å². The van der Waals surface area contributed by atoms with Crippen LogP contribution in [0.4, 0.5) is 0 Å². The number of hydrogen-bond donors (Lipinski definition) is 2. The highest BCUT2D eigenvalue weighted by Gasteiger charge is 2.23. The summed E-state index contributed by atoms with van der Waals surface area (Å²) in [5, 5.41) is 1.37. The Labute approximate surface area is 235 Å². The fourth-order valence-electron chi connectivity index (χ4n) is 4.34. The van der Waals surface area contributed by atoms with Gasteiger partial charge in [0.25, 0.3) is 0 Å². The molecule has 0 unspecified atom stereocenters. The van der Waals surface area contributed by atoms with E-state index in [0.717, 1.165) is 21.1 Å². The summed E-state index contributed by atoms with van der Waals surface area (Å²) >= 11 is 3.41. The van der Waals surface area contributed by atoms with Gasteiger partial charge in [0, 0.05) is 38.7 Å². The van der Waals surface area contributed by atoms with Crippen LogP contribution in [0.5, 0.6) is 0 Å². The van der Waals surface area contributed by atoms with Gasteiger partial charge >= 0.3 is 0 Å². The first-order chi connectivity index (χ1) is 18.7. The molecule has 0 aliphatic carbocycles. The maximum Gasteiger partial charge on any atom is 0.208 e. The van der Waals surface area contributed by atoms with Crippen LogP contribution in [-0.4, -0.2) is 26.8 Å². The van der Waals surface area contributed by atoms with Gasteiger partial charge in [0.1, 0.15) is 0 Å². The molecule has 39 heavy (non-hydrogen) atoms. The molecule has 0 saturated carbocycles. The summed E-state index contributed by atoms with van der Waals surface area (Å²) in [4.78, 5) is 7.18. The van der Waals surface area contributed by atoms with Crippen molar-refractivity contribution in [2.75, 3.05) is 0 Å². The molecule has 0 saturated heterocycles. The molecule has 0 atom stereocenters. The Bertz CT molecular complexity index is 2010. The molecule has 0 fully saturated rings. The fourth-order valence-corrected chi connectivity index (χ4v) is 8.00. The highest BCUT2D eigenvalue weighted by molar-refractivity contribution is 9.10. The predicted molar refractivity (Wildman–Crippen MR) is 158 cm³/mol. The van der Waals surface area contributed by atoms with E-state index >= 15 is 0 Å². The summed E-state index contributed by atoms with van der Waals surface area (Å²) in [6.45, 7) is 3.75. The minimum atomic E-state index is -3.53. The van der Waals surface area contributed by atoms with Crippen molar-refractivity contribution in [3.8, 4) is 0 Å². The van der Waals surface area contributed by atoms with Crippen LogP contribution in [0.25, 0.3) is 27.9 Å². The third kappa shape index (κ3) is 4.96. The van der Waals surface area contributed by atoms with Crippen LogP contribution < -0.4 is 0 Å². The summed E-state index contributed by atoms with van der Waals surface area (Å²) < 4.78 is 51.5. The van der Waals surface area contributed by atoms with E-state index in [4.69, 9.17) is 0 Å². The van der Waals surface area contributed by atoms with Crippen molar-refractivity contribution in [3.63, 3.8) is 0 Å². The smallest absolute Gasteiger partial charge is 0.208 e. The van der Waals surface area contributed by atoms with Gasteiger partial charge in [0.15, 0.2) is 0 Å². The second kappa shape index (κ2) is 10.7. The SMILES string of the molecule is C=Cc1cccc2[nH]cc(S(=O)(=O)c3ccccc3)c12.O=S(=O)(c1ccccc1)c1c[nH]c2cccc(Br)c12. The monoisotopic (exact) mass is 618 g/mol. The molecule has 0 spiro atoms. The van der Waals surface area contributed by atoms with E-state index in [1.807, 2.05) is 36.4 Å². The molecule has 0 radical (unpaired) electrons. The second-order valence-corrected chi connectivity index (χ2v) is 13.3. The quantitative estimate of drug-likeness (QED) is 0.210. The molecule has 0 aliphatic heterocycles. The van der Waals surface area contributed by atoms with E-state index < -0.39 is 19.7 Å². The molecule has 9 heteroatoms. The summed E-state index contributed by atoms with van der Waals surface area (Å²) in [6.07, 6.45) is 4.75. The topological polar surface area (TPSA) is 99.9 Å². The Kier molecular flexibility index (Phi) is 7.31. The Morgan fingerprint density at radius 3 is 1.56 bits per heavy atom. The molecular weight excluding hydrogens is 596 g/mol. The number of hydrogen-bond acceptors (Lipinski definition) is 4. The van der Waals surface area contributed by atoms with Gasteiger partial charge in [-0.2, -0.15) is 0 Å². The normalized spacial score (nSPS) is 11.7. The van der Waals surface area contributed by atoms with Crippen LogP contribution >= 0.6 is 15.9 Å². The summed E-state index contributed by atoms with van der Waals surface area (Å²) in [6, 6.07) is 28.0. The zero-order chi connectivity index (χ0) is 27.6. The van der Waals surface area contributed by atoms with Crippen LogP contribution in [-0.2, 0) is 19.7 Å². The van der Waals surface area contributed by atoms with Crippen molar-refractivity contribution in [2.45, 2.75) is 19.6 Å². The van der Waals surface area contributed by atoms with Crippen LogP contribution in [0.3, 0.4) is 0 Å². The van der Waals surface area contributed by atoms with E-state index in [2.05, 4.69) is 32.5 Å². The summed E-state index contributed by atoms with van der Waals surface area (Å²) in [5.74, 6) is 0. The number of sulfone groups is 2. The van der Waals surface area contributed by atoms with E-state index in [1.165, 1.54) is 6.20 Å². The fraction of sp³-hybridized carbons (Fsp3) is 0. The van der Waals surface area contributed by atoms with Gasteiger partial charge in [-0.05, 0) is 48.0 Å². The van der Waals surface area contributed by atoms with Gasteiger partial charge in [-0.15, -0.1) is 0 Å². The van der Waals surface area contributed by atoms with Crippen LogP contribution in [0.2, 0.25) is 0 Å². The average molecular weight is 620 g/mol. The van der Waals surface area contributed by atoms with Crippen LogP contribution in [0, 0.1) is 0 Å². The number of rotatable bonds is 5. The molecule has 4 aromatic carbocycles. The highest BCUT2D eigenvalue weighted by Crippen LogP contribution is 2.33. The van der Waals surface area contributed by atoms with Gasteiger partial charge < -0.3 is 9.97 Å². The molecule has 6 rings (SSSR count). The Morgan fingerprint density at radius 2 is 1.05 bits per heavy atom. The average Bonchev–Trinajstić information content (AvgIpc) is 3.61. The number of aromatic nitrogens is 2. The van der Waals surface area contributed by atoms with Crippen molar-refractivity contribution < 1.29 is 16.8 Å². The molecule has 6 nitrogen and oxygen atoms in total. The molecule has 0 amide bonds. The molecule has 2 heterocycles. The molecule has 2 N–H and O–H groups in total. The van der Waals surface area contributed by atoms with Crippen molar-refractivity contribution in [1.82, 2.24) is 9.97 Å². The van der Waals surface area contributed by atoms with E-state index in [1.54, 1.807) is 72.9 Å². The predicted octanol–water partition coefficient (Wildman–Crippen LogP) is 7.41. The van der Waals surface area contributed by atoms with Crippen LogP contribution in [0.15, 0.2) is 140 Å². The van der Waals surface area contributed by atoms with Gasteiger partial charge in [0.2, 0.25) is 19.7 Å². The van der Waals surface area contributed by atoms with Gasteiger partial charge in [-0.1, -0.05) is 83.2 Å². The molecule has 0 aliphatic rings. The Balaban J connectivity index is 0.000000158. The molecular formula is C30H23BrN2O4S2. The van der Waals surface area contributed by atoms with Crippen molar-refractivity contribution in [1.29, 1.82) is 0 Å². The van der Waals surface area contributed by atoms with Gasteiger partial charge in [0.05, 0.1) is 19.6 Å². The maximum absolute atomic E-state index is 12.7. The van der Waals surface area contributed by atoms with Crippen molar-refractivity contribution >= 4 is 63.5 Å². The lowest BCUT2D eigenvalue weighted by atomic mass is 10.1. The first-order valence-corrected chi connectivity index (χ1v) is 15.6. The second-order valence-electron chi connectivity index (χ2n) is 8.58. The number of fused-ring (bicyclic) bond motifs is 2. The number of benzene rings is 4. The lowest BCUT2D eigenvalue weighted by Crippen LogP contribution is -2.01. The lowest BCUT2D eigenvalue weighted by molar-refractivity contribution is 0.595.